The van der Waals surface area contributed by atoms with Crippen LogP contribution in [0.1, 0.15) is 15.9 Å². The summed E-state index contributed by atoms with van der Waals surface area (Å²) in [5, 5.41) is 37.5. The zero-order chi connectivity index (χ0) is 15.3. The molecule has 0 heterocycles. The molecule has 0 aromatic heterocycles. The molecule has 0 bridgehead atoms. The maximum absolute atomic E-state index is 13.6. The molecular weight excluding hydrogens is 263 g/mol. The van der Waals surface area contributed by atoms with Gasteiger partial charge in [-0.25, -0.2) is 9.18 Å². The monoisotopic (exact) mass is 270 g/mol. The molecule has 0 aliphatic heterocycles. The summed E-state index contributed by atoms with van der Waals surface area (Å²) in [7, 11) is 0. The third kappa shape index (κ3) is 2.90. The van der Waals surface area contributed by atoms with E-state index in [0.717, 1.165) is 6.07 Å². The Morgan fingerprint density at radius 3 is 2.30 bits per heavy atom. The van der Waals surface area contributed by atoms with E-state index in [1.807, 2.05) is 0 Å². The average Bonchev–Trinajstić information content (AvgIpc) is 2.37. The number of aromatic carboxylic acids is 1. The SMILES string of the molecule is Cc1cc(F)c(C(=O)O)c(NC(C#N)=C(C#N)C#N)c1. The molecule has 1 aromatic carbocycles. The minimum absolute atomic E-state index is 0.199. The number of hydrogen-bond acceptors (Lipinski definition) is 5. The quantitative estimate of drug-likeness (QED) is 0.811. The van der Waals surface area contributed by atoms with Crippen LogP contribution >= 0.6 is 0 Å². The molecule has 2 N–H and O–H groups in total. The number of nitrogens with zero attached hydrogens (tertiary/aromatic N) is 3. The highest BCUT2D eigenvalue weighted by atomic mass is 19.1. The van der Waals surface area contributed by atoms with Crippen LogP contribution in [-0.4, -0.2) is 11.1 Å². The fraction of sp³-hybridized carbons (Fsp3) is 0.0769. The molecule has 0 saturated heterocycles. The zero-order valence-corrected chi connectivity index (χ0v) is 10.2. The van der Waals surface area contributed by atoms with E-state index in [-0.39, 0.29) is 5.69 Å². The van der Waals surface area contributed by atoms with E-state index < -0.39 is 28.6 Å². The molecule has 0 aliphatic carbocycles. The first kappa shape index (κ1) is 14.7. The highest BCUT2D eigenvalue weighted by Gasteiger charge is 2.18. The molecule has 7 heteroatoms. The number of anilines is 1. The number of rotatable bonds is 3. The highest BCUT2D eigenvalue weighted by Crippen LogP contribution is 2.23. The lowest BCUT2D eigenvalue weighted by atomic mass is 10.1. The van der Waals surface area contributed by atoms with Gasteiger partial charge in [0.2, 0.25) is 0 Å². The topological polar surface area (TPSA) is 121 Å². The molecule has 0 unspecified atom stereocenters. The molecule has 0 saturated carbocycles. The van der Waals surface area contributed by atoms with Crippen molar-refractivity contribution in [1.29, 1.82) is 15.8 Å². The summed E-state index contributed by atoms with van der Waals surface area (Å²) in [5.74, 6) is -2.51. The Labute approximate surface area is 113 Å². The van der Waals surface area contributed by atoms with Crippen LogP contribution in [0.2, 0.25) is 0 Å². The summed E-state index contributed by atoms with van der Waals surface area (Å²) >= 11 is 0. The second-order valence-corrected chi connectivity index (χ2v) is 3.68. The molecule has 98 valence electrons. The van der Waals surface area contributed by atoms with E-state index in [1.54, 1.807) is 6.07 Å². The molecule has 0 spiro atoms. The molecule has 20 heavy (non-hydrogen) atoms. The van der Waals surface area contributed by atoms with Crippen molar-refractivity contribution in [3.8, 4) is 18.2 Å². The standard InChI is InChI=1S/C13H7FN4O2/c1-7-2-9(14)12(13(19)20)10(3-7)18-11(6-17)8(4-15)5-16/h2-3,18H,1H3,(H,19,20). The zero-order valence-electron chi connectivity index (χ0n) is 10.2. The van der Waals surface area contributed by atoms with Gasteiger partial charge in [-0.2, -0.15) is 15.8 Å². The number of benzene rings is 1. The van der Waals surface area contributed by atoms with Gasteiger partial charge in [0.15, 0.2) is 5.57 Å². The number of carbonyl (C=O) groups is 1. The average molecular weight is 270 g/mol. The number of allylic oxidation sites excluding steroid dienone is 2. The Morgan fingerprint density at radius 2 is 1.85 bits per heavy atom. The normalized spacial score (nSPS) is 8.75. The van der Waals surface area contributed by atoms with Gasteiger partial charge in [0, 0.05) is 0 Å². The number of aryl methyl sites for hydroxylation is 1. The molecule has 0 radical (unpaired) electrons. The Bertz CT molecular complexity index is 716. The summed E-state index contributed by atoms with van der Waals surface area (Å²) in [6.07, 6.45) is 0. The third-order valence-electron chi connectivity index (χ3n) is 2.29. The Kier molecular flexibility index (Phi) is 4.40. The maximum Gasteiger partial charge on any atom is 0.340 e. The van der Waals surface area contributed by atoms with Crippen LogP contribution in [0.25, 0.3) is 0 Å². The smallest absolute Gasteiger partial charge is 0.340 e. The van der Waals surface area contributed by atoms with Crippen molar-refractivity contribution >= 4 is 11.7 Å². The largest absolute Gasteiger partial charge is 0.478 e. The fourth-order valence-electron chi connectivity index (χ4n) is 1.48. The number of halogens is 1. The number of nitrogens with one attached hydrogen (secondary N) is 1. The first-order chi connectivity index (χ1) is 9.44. The lowest BCUT2D eigenvalue weighted by molar-refractivity contribution is 0.0693. The predicted octanol–water partition coefficient (Wildman–Crippen LogP) is 2.07. The molecule has 6 nitrogen and oxygen atoms in total. The number of hydrogen-bond donors (Lipinski definition) is 2. The third-order valence-corrected chi connectivity index (χ3v) is 2.29. The minimum atomic E-state index is -1.53. The second kappa shape index (κ2) is 5.99. The minimum Gasteiger partial charge on any atom is -0.478 e. The summed E-state index contributed by atoms with van der Waals surface area (Å²) in [6.45, 7) is 1.53. The Hall–Kier alpha value is -3.37. The summed E-state index contributed by atoms with van der Waals surface area (Å²) < 4.78 is 13.6. The van der Waals surface area contributed by atoms with Crippen molar-refractivity contribution in [2.75, 3.05) is 5.32 Å². The van der Waals surface area contributed by atoms with Gasteiger partial charge < -0.3 is 10.4 Å². The van der Waals surface area contributed by atoms with Gasteiger partial charge in [-0.3, -0.25) is 0 Å². The number of nitriles is 3. The van der Waals surface area contributed by atoms with Crippen molar-refractivity contribution in [3.05, 3.63) is 40.3 Å². The molecule has 1 aromatic rings. The van der Waals surface area contributed by atoms with Crippen LogP contribution in [0.5, 0.6) is 0 Å². The molecule has 0 fully saturated rings. The molecule has 0 atom stereocenters. The van der Waals surface area contributed by atoms with Crippen molar-refractivity contribution in [3.63, 3.8) is 0 Å². The van der Waals surface area contributed by atoms with Gasteiger partial charge in [0.05, 0.1) is 5.69 Å². The van der Waals surface area contributed by atoms with E-state index in [0.29, 0.717) is 5.56 Å². The van der Waals surface area contributed by atoms with Gasteiger partial charge in [-0.05, 0) is 24.6 Å². The van der Waals surface area contributed by atoms with Crippen LogP contribution in [0.4, 0.5) is 10.1 Å². The maximum atomic E-state index is 13.6. The lowest BCUT2D eigenvalue weighted by Crippen LogP contribution is -2.09. The second-order valence-electron chi connectivity index (χ2n) is 3.68. The molecule has 0 amide bonds. The van der Waals surface area contributed by atoms with E-state index >= 15 is 0 Å². The first-order valence-electron chi connectivity index (χ1n) is 5.19. The van der Waals surface area contributed by atoms with Crippen LogP contribution in [0, 0.1) is 46.7 Å². The molecule has 0 aliphatic rings. The van der Waals surface area contributed by atoms with E-state index in [1.165, 1.54) is 25.1 Å². The first-order valence-corrected chi connectivity index (χ1v) is 5.19. The fourth-order valence-corrected chi connectivity index (χ4v) is 1.48. The van der Waals surface area contributed by atoms with Crippen LogP contribution < -0.4 is 5.32 Å². The summed E-state index contributed by atoms with van der Waals surface area (Å²) in [5.41, 5.74) is -1.41. The summed E-state index contributed by atoms with van der Waals surface area (Å²) in [4.78, 5) is 11.0. The van der Waals surface area contributed by atoms with Gasteiger partial charge in [0.1, 0.15) is 35.3 Å². The Morgan fingerprint density at radius 1 is 1.25 bits per heavy atom. The highest BCUT2D eigenvalue weighted by molar-refractivity contribution is 5.95. The lowest BCUT2D eigenvalue weighted by Gasteiger charge is -2.10. The van der Waals surface area contributed by atoms with Gasteiger partial charge >= 0.3 is 5.97 Å². The molecular formula is C13H7FN4O2. The van der Waals surface area contributed by atoms with E-state index in [4.69, 9.17) is 20.9 Å². The summed E-state index contributed by atoms with van der Waals surface area (Å²) in [6, 6.07) is 6.88. The van der Waals surface area contributed by atoms with Crippen molar-refractivity contribution < 1.29 is 14.3 Å². The number of carboxylic acid groups (broad SMARTS) is 1. The van der Waals surface area contributed by atoms with Gasteiger partial charge in [-0.15, -0.1) is 0 Å². The van der Waals surface area contributed by atoms with E-state index in [2.05, 4.69) is 5.32 Å². The van der Waals surface area contributed by atoms with Crippen molar-refractivity contribution in [2.24, 2.45) is 0 Å². The van der Waals surface area contributed by atoms with Crippen molar-refractivity contribution in [1.82, 2.24) is 0 Å². The Balaban J connectivity index is 3.47. The van der Waals surface area contributed by atoms with Gasteiger partial charge in [-0.1, -0.05) is 0 Å². The predicted molar refractivity (Wildman–Crippen MR) is 65.6 cm³/mol. The van der Waals surface area contributed by atoms with Gasteiger partial charge in [0.25, 0.3) is 0 Å². The molecule has 1 rings (SSSR count). The van der Waals surface area contributed by atoms with E-state index in [9.17, 15) is 9.18 Å². The van der Waals surface area contributed by atoms with Crippen LogP contribution in [-0.2, 0) is 0 Å². The van der Waals surface area contributed by atoms with Crippen LogP contribution in [0.15, 0.2) is 23.4 Å². The van der Waals surface area contributed by atoms with Crippen molar-refractivity contribution in [2.45, 2.75) is 6.92 Å². The number of carboxylic acids is 1. The van der Waals surface area contributed by atoms with Crippen LogP contribution in [0.3, 0.4) is 0 Å².